The lowest BCUT2D eigenvalue weighted by Gasteiger charge is -2.34. The van der Waals surface area contributed by atoms with Crippen LogP contribution in [0, 0.1) is 6.92 Å². The van der Waals surface area contributed by atoms with Gasteiger partial charge in [-0.3, -0.25) is 0 Å². The van der Waals surface area contributed by atoms with Crippen LogP contribution in [0.4, 0.5) is 5.82 Å². The first-order chi connectivity index (χ1) is 14.9. The first-order valence-corrected chi connectivity index (χ1v) is 12.7. The third-order valence-electron chi connectivity index (χ3n) is 6.40. The Balaban J connectivity index is 1.60. The Morgan fingerprint density at radius 1 is 1.13 bits per heavy atom. The number of aromatic nitrogens is 2. The summed E-state index contributed by atoms with van der Waals surface area (Å²) in [4.78, 5) is 12.2. The number of nitrogens with zero attached hydrogens (tertiary/aromatic N) is 4. The highest BCUT2D eigenvalue weighted by atomic mass is 32.2. The molecule has 31 heavy (non-hydrogen) atoms. The molecule has 168 valence electrons. The number of sulfonamides is 1. The molecule has 0 spiro atoms. The van der Waals surface area contributed by atoms with Gasteiger partial charge in [-0.2, -0.15) is 0 Å². The summed E-state index contributed by atoms with van der Waals surface area (Å²) in [5, 5.41) is 0. The van der Waals surface area contributed by atoms with Gasteiger partial charge in [-0.25, -0.2) is 22.7 Å². The summed E-state index contributed by atoms with van der Waals surface area (Å²) in [6.45, 7) is 6.58. The molecule has 8 heteroatoms. The Hall–Kier alpha value is -2.19. The Bertz CT molecular complexity index is 1020. The molecule has 0 saturated carbocycles. The summed E-state index contributed by atoms with van der Waals surface area (Å²) in [5.74, 6) is 2.84. The fourth-order valence-electron chi connectivity index (χ4n) is 4.59. The second kappa shape index (κ2) is 9.12. The lowest BCUT2D eigenvalue weighted by atomic mass is 9.97. The molecular weight excluding hydrogens is 412 g/mol. The van der Waals surface area contributed by atoms with Crippen molar-refractivity contribution in [2.45, 2.75) is 52.0 Å². The molecule has 2 aromatic rings. The van der Waals surface area contributed by atoms with E-state index in [9.17, 15) is 8.42 Å². The standard InChI is InChI=1S/C23H32N4O3S/c1-4-31(28,29)27-14-5-7-19(16-27)22-24-17(2)21-8-6-13-26(23(21)25-22)15-18-9-11-20(30-3)12-10-18/h9-12,19H,4-8,13-16H2,1-3H3/t19-/m0/s1. The zero-order valence-electron chi connectivity index (χ0n) is 18.7. The van der Waals surface area contributed by atoms with Crippen molar-refractivity contribution in [2.75, 3.05) is 37.4 Å². The van der Waals surface area contributed by atoms with E-state index in [1.807, 2.05) is 12.1 Å². The number of methoxy groups -OCH3 is 1. The fourth-order valence-corrected chi connectivity index (χ4v) is 5.76. The normalized spacial score (nSPS) is 19.8. The molecule has 3 heterocycles. The summed E-state index contributed by atoms with van der Waals surface area (Å²) in [5.41, 5.74) is 3.46. The monoisotopic (exact) mass is 444 g/mol. The number of hydrogen-bond acceptors (Lipinski definition) is 6. The lowest BCUT2D eigenvalue weighted by Crippen LogP contribution is -2.40. The summed E-state index contributed by atoms with van der Waals surface area (Å²) in [7, 11) is -1.51. The molecule has 1 atom stereocenters. The van der Waals surface area contributed by atoms with Crippen LogP contribution in [-0.4, -0.2) is 55.2 Å². The van der Waals surface area contributed by atoms with E-state index < -0.39 is 10.0 Å². The summed E-state index contributed by atoms with van der Waals surface area (Å²) in [6, 6.07) is 8.16. The number of aryl methyl sites for hydroxylation is 1. The van der Waals surface area contributed by atoms with E-state index >= 15 is 0 Å². The summed E-state index contributed by atoms with van der Waals surface area (Å²) < 4.78 is 31.7. The average molecular weight is 445 g/mol. The molecule has 0 amide bonds. The predicted octanol–water partition coefficient (Wildman–Crippen LogP) is 3.28. The number of hydrogen-bond donors (Lipinski definition) is 0. The molecule has 0 aliphatic carbocycles. The van der Waals surface area contributed by atoms with E-state index in [4.69, 9.17) is 14.7 Å². The Kier molecular flexibility index (Phi) is 6.48. The van der Waals surface area contributed by atoms with E-state index in [-0.39, 0.29) is 11.7 Å². The van der Waals surface area contributed by atoms with Crippen molar-refractivity contribution in [3.63, 3.8) is 0 Å². The number of piperidine rings is 1. The van der Waals surface area contributed by atoms with Crippen LogP contribution in [-0.2, 0) is 23.0 Å². The second-order valence-electron chi connectivity index (χ2n) is 8.44. The third kappa shape index (κ3) is 4.70. The Morgan fingerprint density at radius 3 is 2.61 bits per heavy atom. The molecule has 0 bridgehead atoms. The number of fused-ring (bicyclic) bond motifs is 1. The SMILES string of the molecule is CCS(=O)(=O)N1CCC[C@H](c2nc(C)c3c(n2)N(Cc2ccc(OC)cc2)CCC3)C1. The van der Waals surface area contributed by atoms with Gasteiger partial charge in [-0.15, -0.1) is 0 Å². The van der Waals surface area contributed by atoms with Crippen molar-refractivity contribution in [1.29, 1.82) is 0 Å². The van der Waals surface area contributed by atoms with Gasteiger partial charge in [0.25, 0.3) is 0 Å². The number of benzene rings is 1. The maximum absolute atomic E-state index is 12.4. The zero-order chi connectivity index (χ0) is 22.0. The van der Waals surface area contributed by atoms with E-state index in [0.29, 0.717) is 13.1 Å². The number of rotatable bonds is 6. The Morgan fingerprint density at radius 2 is 1.90 bits per heavy atom. The van der Waals surface area contributed by atoms with Crippen LogP contribution >= 0.6 is 0 Å². The highest BCUT2D eigenvalue weighted by molar-refractivity contribution is 7.89. The molecule has 2 aliphatic heterocycles. The molecule has 2 aliphatic rings. The minimum Gasteiger partial charge on any atom is -0.497 e. The third-order valence-corrected chi connectivity index (χ3v) is 8.25. The van der Waals surface area contributed by atoms with Gasteiger partial charge in [-0.05, 0) is 57.2 Å². The van der Waals surface area contributed by atoms with Gasteiger partial charge in [0, 0.05) is 43.4 Å². The topological polar surface area (TPSA) is 75.6 Å². The Labute approximate surface area is 185 Å². The molecule has 1 aromatic carbocycles. The van der Waals surface area contributed by atoms with Crippen LogP contribution in [0.15, 0.2) is 24.3 Å². The molecule has 4 rings (SSSR count). The lowest BCUT2D eigenvalue weighted by molar-refractivity contribution is 0.309. The highest BCUT2D eigenvalue weighted by Crippen LogP contribution is 2.33. The van der Waals surface area contributed by atoms with Crippen molar-refractivity contribution >= 4 is 15.8 Å². The van der Waals surface area contributed by atoms with Gasteiger partial charge in [0.1, 0.15) is 17.4 Å². The molecule has 0 N–H and O–H groups in total. The molecular formula is C23H32N4O3S. The maximum Gasteiger partial charge on any atom is 0.213 e. The van der Waals surface area contributed by atoms with Crippen LogP contribution in [0.5, 0.6) is 5.75 Å². The molecule has 7 nitrogen and oxygen atoms in total. The minimum absolute atomic E-state index is 0.0452. The van der Waals surface area contributed by atoms with E-state index in [2.05, 4.69) is 24.0 Å². The van der Waals surface area contributed by atoms with E-state index in [1.54, 1.807) is 18.3 Å². The van der Waals surface area contributed by atoms with E-state index in [1.165, 1.54) is 11.1 Å². The van der Waals surface area contributed by atoms with Gasteiger partial charge in [0.05, 0.1) is 12.9 Å². The van der Waals surface area contributed by atoms with Crippen LogP contribution < -0.4 is 9.64 Å². The minimum atomic E-state index is -3.19. The van der Waals surface area contributed by atoms with Gasteiger partial charge < -0.3 is 9.64 Å². The summed E-state index contributed by atoms with van der Waals surface area (Å²) in [6.07, 6.45) is 3.84. The van der Waals surface area contributed by atoms with Gasteiger partial charge >= 0.3 is 0 Å². The smallest absolute Gasteiger partial charge is 0.213 e. The van der Waals surface area contributed by atoms with Gasteiger partial charge in [0.2, 0.25) is 10.0 Å². The summed E-state index contributed by atoms with van der Waals surface area (Å²) >= 11 is 0. The van der Waals surface area contributed by atoms with Crippen molar-refractivity contribution in [3.8, 4) is 5.75 Å². The van der Waals surface area contributed by atoms with Crippen molar-refractivity contribution < 1.29 is 13.2 Å². The van der Waals surface area contributed by atoms with Crippen molar-refractivity contribution in [3.05, 3.63) is 46.9 Å². The molecule has 0 unspecified atom stereocenters. The van der Waals surface area contributed by atoms with Gasteiger partial charge in [-0.1, -0.05) is 12.1 Å². The highest BCUT2D eigenvalue weighted by Gasteiger charge is 2.31. The average Bonchev–Trinajstić information content (AvgIpc) is 2.80. The molecule has 1 aromatic heterocycles. The second-order valence-corrected chi connectivity index (χ2v) is 10.7. The quantitative estimate of drug-likeness (QED) is 0.681. The van der Waals surface area contributed by atoms with Gasteiger partial charge in [0.15, 0.2) is 0 Å². The maximum atomic E-state index is 12.4. The fraction of sp³-hybridized carbons (Fsp3) is 0.565. The number of ether oxygens (including phenoxy) is 1. The molecule has 0 radical (unpaired) electrons. The van der Waals surface area contributed by atoms with Crippen molar-refractivity contribution in [2.24, 2.45) is 0 Å². The van der Waals surface area contributed by atoms with Crippen molar-refractivity contribution in [1.82, 2.24) is 14.3 Å². The first-order valence-electron chi connectivity index (χ1n) is 11.1. The van der Waals surface area contributed by atoms with Crippen LogP contribution in [0.1, 0.15) is 54.7 Å². The zero-order valence-corrected chi connectivity index (χ0v) is 19.5. The van der Waals surface area contributed by atoms with E-state index in [0.717, 1.165) is 61.9 Å². The number of anilines is 1. The largest absolute Gasteiger partial charge is 0.497 e. The van der Waals surface area contributed by atoms with Crippen LogP contribution in [0.3, 0.4) is 0 Å². The molecule has 1 fully saturated rings. The van der Waals surface area contributed by atoms with Crippen LogP contribution in [0.2, 0.25) is 0 Å². The molecule has 1 saturated heterocycles. The van der Waals surface area contributed by atoms with Crippen LogP contribution in [0.25, 0.3) is 0 Å². The first kappa shape index (κ1) is 22.0. The predicted molar refractivity (Wildman–Crippen MR) is 122 cm³/mol.